The number of hydrogen-bond donors (Lipinski definition) is 1. The fourth-order valence-electron chi connectivity index (χ4n) is 2.71. The van der Waals surface area contributed by atoms with Crippen molar-refractivity contribution in [1.82, 2.24) is 4.90 Å². The van der Waals surface area contributed by atoms with Crippen molar-refractivity contribution in [1.29, 1.82) is 0 Å². The molecule has 0 spiro atoms. The van der Waals surface area contributed by atoms with E-state index < -0.39 is 17.9 Å². The summed E-state index contributed by atoms with van der Waals surface area (Å²) in [6.07, 6.45) is 3.79. The third-order valence-electron chi connectivity index (χ3n) is 4.06. The molecule has 1 saturated heterocycles. The quantitative estimate of drug-likeness (QED) is 0.466. The first-order valence-corrected chi connectivity index (χ1v) is 11.3. The second kappa shape index (κ2) is 9.17. The van der Waals surface area contributed by atoms with Crippen LogP contribution in [0.4, 0.5) is 0 Å². The third-order valence-corrected chi connectivity index (χ3v) is 6.36. The smallest absolute Gasteiger partial charge is 0.326 e. The van der Waals surface area contributed by atoms with Gasteiger partial charge in [0.1, 0.15) is 21.9 Å². The number of carbonyl (C=O) groups excluding carboxylic acids is 1. The number of amides is 1. The van der Waals surface area contributed by atoms with E-state index in [2.05, 4.69) is 0 Å². The van der Waals surface area contributed by atoms with Crippen LogP contribution in [0, 0.1) is 0 Å². The first-order valence-electron chi connectivity index (χ1n) is 8.26. The molecule has 1 aliphatic rings. The van der Waals surface area contributed by atoms with Crippen LogP contribution >= 0.6 is 47.3 Å². The number of furan rings is 1. The molecule has 2 aromatic rings. The van der Waals surface area contributed by atoms with Crippen molar-refractivity contribution in [2.24, 2.45) is 0 Å². The van der Waals surface area contributed by atoms with Crippen LogP contribution in [-0.2, 0) is 9.59 Å². The highest BCUT2D eigenvalue weighted by Gasteiger charge is 2.40. The van der Waals surface area contributed by atoms with Gasteiger partial charge in [-0.3, -0.25) is 9.69 Å². The summed E-state index contributed by atoms with van der Waals surface area (Å²) >= 11 is 14.1. The van der Waals surface area contributed by atoms with Gasteiger partial charge in [-0.2, -0.15) is 11.8 Å². The molecular formula is C19H16ClNO4S3. The largest absolute Gasteiger partial charge is 0.480 e. The lowest BCUT2D eigenvalue weighted by atomic mass is 10.2. The molecule has 1 aliphatic heterocycles. The Hall–Kier alpha value is -1.74. The summed E-state index contributed by atoms with van der Waals surface area (Å²) in [5, 5.41) is 10.1. The van der Waals surface area contributed by atoms with E-state index in [9.17, 15) is 14.7 Å². The van der Waals surface area contributed by atoms with Gasteiger partial charge in [-0.05, 0) is 42.7 Å². The number of aliphatic carboxylic acids is 1. The molecule has 1 N–H and O–H groups in total. The number of halogens is 1. The molecule has 2 heterocycles. The number of nitrogens with zero attached hydrogens (tertiary/aromatic N) is 1. The minimum Gasteiger partial charge on any atom is -0.480 e. The first-order chi connectivity index (χ1) is 13.4. The van der Waals surface area contributed by atoms with Crippen molar-refractivity contribution >= 4 is 69.6 Å². The van der Waals surface area contributed by atoms with Crippen molar-refractivity contribution in [2.45, 2.75) is 12.5 Å². The van der Waals surface area contributed by atoms with E-state index in [0.29, 0.717) is 33.6 Å². The lowest BCUT2D eigenvalue weighted by molar-refractivity contribution is -0.145. The van der Waals surface area contributed by atoms with Gasteiger partial charge in [0.05, 0.1) is 9.93 Å². The van der Waals surface area contributed by atoms with E-state index in [1.807, 2.05) is 24.5 Å². The molecule has 1 amide bonds. The average molecular weight is 454 g/mol. The van der Waals surface area contributed by atoms with Crippen LogP contribution in [0.15, 0.2) is 45.7 Å². The normalized spacial score (nSPS) is 16.8. The molecule has 146 valence electrons. The molecule has 1 aromatic carbocycles. The predicted octanol–water partition coefficient (Wildman–Crippen LogP) is 5.01. The Morgan fingerprint density at radius 3 is 2.82 bits per heavy atom. The maximum absolute atomic E-state index is 12.8. The van der Waals surface area contributed by atoms with Crippen molar-refractivity contribution < 1.29 is 19.1 Å². The van der Waals surface area contributed by atoms with E-state index in [0.717, 1.165) is 17.3 Å². The van der Waals surface area contributed by atoms with E-state index in [1.165, 1.54) is 16.7 Å². The average Bonchev–Trinajstić information content (AvgIpc) is 3.22. The van der Waals surface area contributed by atoms with Crippen LogP contribution in [-0.4, -0.2) is 44.3 Å². The van der Waals surface area contributed by atoms with Crippen LogP contribution in [0.3, 0.4) is 0 Å². The van der Waals surface area contributed by atoms with Crippen LogP contribution in [0.1, 0.15) is 12.2 Å². The first kappa shape index (κ1) is 21.0. The summed E-state index contributed by atoms with van der Waals surface area (Å²) in [7, 11) is 0. The monoisotopic (exact) mass is 453 g/mol. The van der Waals surface area contributed by atoms with Gasteiger partial charge in [0.2, 0.25) is 0 Å². The van der Waals surface area contributed by atoms with Gasteiger partial charge in [-0.1, -0.05) is 47.7 Å². The Morgan fingerprint density at radius 2 is 2.14 bits per heavy atom. The minimum atomic E-state index is -1.06. The number of carboxylic acid groups (broad SMARTS) is 1. The van der Waals surface area contributed by atoms with Crippen molar-refractivity contribution in [3.05, 3.63) is 52.1 Å². The summed E-state index contributed by atoms with van der Waals surface area (Å²) in [5.41, 5.74) is 0.749. The Labute approximate surface area is 181 Å². The summed E-state index contributed by atoms with van der Waals surface area (Å²) in [4.78, 5) is 25.9. The molecular weight excluding hydrogens is 438 g/mol. The fraction of sp³-hybridized carbons (Fsp3) is 0.211. The third kappa shape index (κ3) is 4.46. The number of rotatable bonds is 7. The zero-order chi connectivity index (χ0) is 20.3. The summed E-state index contributed by atoms with van der Waals surface area (Å²) in [6, 6.07) is 9.82. The van der Waals surface area contributed by atoms with Gasteiger partial charge >= 0.3 is 5.97 Å². The van der Waals surface area contributed by atoms with E-state index >= 15 is 0 Å². The van der Waals surface area contributed by atoms with Crippen LogP contribution in [0.5, 0.6) is 0 Å². The lowest BCUT2D eigenvalue weighted by Crippen LogP contribution is -2.44. The maximum atomic E-state index is 12.8. The second-order valence-electron chi connectivity index (χ2n) is 5.87. The number of thioether (sulfide) groups is 2. The number of thiocarbonyl (C=S) groups is 1. The molecule has 1 unspecified atom stereocenters. The second-order valence-corrected chi connectivity index (χ2v) is 8.94. The number of hydrogen-bond acceptors (Lipinski definition) is 6. The Bertz CT molecular complexity index is 956. The molecule has 9 heteroatoms. The zero-order valence-corrected chi connectivity index (χ0v) is 18.0. The molecule has 1 atom stereocenters. The Balaban J connectivity index is 1.84. The van der Waals surface area contributed by atoms with E-state index in [1.54, 1.807) is 24.3 Å². The lowest BCUT2D eigenvalue weighted by Gasteiger charge is -2.22. The fourth-order valence-corrected chi connectivity index (χ4v) is 4.73. The zero-order valence-electron chi connectivity index (χ0n) is 14.8. The summed E-state index contributed by atoms with van der Waals surface area (Å²) < 4.78 is 6.03. The van der Waals surface area contributed by atoms with Gasteiger partial charge in [0.25, 0.3) is 5.91 Å². The van der Waals surface area contributed by atoms with Crippen molar-refractivity contribution in [2.75, 3.05) is 12.0 Å². The molecule has 28 heavy (non-hydrogen) atoms. The molecule has 3 rings (SSSR count). The highest BCUT2D eigenvalue weighted by Crippen LogP contribution is 2.36. The highest BCUT2D eigenvalue weighted by molar-refractivity contribution is 8.26. The molecule has 0 aliphatic carbocycles. The van der Waals surface area contributed by atoms with E-state index in [4.69, 9.17) is 28.2 Å². The maximum Gasteiger partial charge on any atom is 0.326 e. The number of carboxylic acids is 1. The summed E-state index contributed by atoms with van der Waals surface area (Å²) in [6.45, 7) is 0. The van der Waals surface area contributed by atoms with Gasteiger partial charge in [0, 0.05) is 11.6 Å². The van der Waals surface area contributed by atoms with Gasteiger partial charge in [-0.15, -0.1) is 0 Å². The molecule has 5 nitrogen and oxygen atoms in total. The molecule has 0 saturated carbocycles. The van der Waals surface area contributed by atoms with Gasteiger partial charge in [0.15, 0.2) is 0 Å². The Morgan fingerprint density at radius 1 is 1.39 bits per heavy atom. The minimum absolute atomic E-state index is 0.239. The van der Waals surface area contributed by atoms with Crippen LogP contribution in [0.25, 0.3) is 17.4 Å². The molecule has 0 bridgehead atoms. The summed E-state index contributed by atoms with van der Waals surface area (Å²) in [5.74, 6) is 0.179. The van der Waals surface area contributed by atoms with Crippen molar-refractivity contribution in [3.63, 3.8) is 0 Å². The van der Waals surface area contributed by atoms with Gasteiger partial charge in [-0.25, -0.2) is 4.79 Å². The SMILES string of the molecule is CSCCC(C(=O)O)N1C(=O)/C(=C/c2ccc(-c3ccccc3Cl)o2)SC1=S. The topological polar surface area (TPSA) is 70.8 Å². The predicted molar refractivity (Wildman–Crippen MR) is 119 cm³/mol. The molecule has 1 fully saturated rings. The van der Waals surface area contributed by atoms with Crippen LogP contribution in [0.2, 0.25) is 5.02 Å². The standard InChI is InChI=1S/C19H16ClNO4S3/c1-27-9-8-14(18(23)24)21-17(22)16(28-19(21)26)10-11-6-7-15(25-11)12-4-2-3-5-13(12)20/h2-7,10,14H,8-9H2,1H3,(H,23,24)/b16-10-. The van der Waals surface area contributed by atoms with Crippen molar-refractivity contribution in [3.8, 4) is 11.3 Å². The molecule has 1 aromatic heterocycles. The molecule has 0 radical (unpaired) electrons. The number of carbonyl (C=O) groups is 2. The van der Waals surface area contributed by atoms with E-state index in [-0.39, 0.29) is 4.32 Å². The Kier molecular flexibility index (Phi) is 6.87. The van der Waals surface area contributed by atoms with Crippen LogP contribution < -0.4 is 0 Å². The number of benzene rings is 1. The highest BCUT2D eigenvalue weighted by atomic mass is 35.5. The van der Waals surface area contributed by atoms with Gasteiger partial charge < -0.3 is 9.52 Å².